The molecule has 3 rings (SSSR count). The lowest BCUT2D eigenvalue weighted by atomic mass is 9.98. The second-order valence-electron chi connectivity index (χ2n) is 5.82. The van der Waals surface area contributed by atoms with Crippen LogP contribution in [0.25, 0.3) is 5.69 Å². The quantitative estimate of drug-likeness (QED) is 0.746. The van der Waals surface area contributed by atoms with Crippen LogP contribution in [0.1, 0.15) is 22.5 Å². The maximum atomic E-state index is 12.4. The lowest BCUT2D eigenvalue weighted by molar-refractivity contribution is -0.148. The normalized spacial score (nSPS) is 16.9. The third-order valence-corrected chi connectivity index (χ3v) is 4.87. The van der Waals surface area contributed by atoms with E-state index in [4.69, 9.17) is 4.74 Å². The highest BCUT2D eigenvalue weighted by Crippen LogP contribution is 2.24. The van der Waals surface area contributed by atoms with E-state index >= 15 is 0 Å². The van der Waals surface area contributed by atoms with E-state index in [1.54, 1.807) is 11.4 Å². The van der Waals surface area contributed by atoms with Gasteiger partial charge in [0.2, 0.25) is 0 Å². The molecule has 0 radical (unpaired) electrons. The second kappa shape index (κ2) is 7.48. The predicted octanol–water partition coefficient (Wildman–Crippen LogP) is 2.15. The standard InChI is InChI=1S/C14H16F3N5O2S/c15-14(16,17)8-21-4-1-10(2-5-21)7-24-13(23)12-11(3-6-25-12)22-9-18-19-20-22/h3,6,9-10H,1-2,4-5,7-8H2. The molecule has 11 heteroatoms. The summed E-state index contributed by atoms with van der Waals surface area (Å²) in [7, 11) is 0. The molecule has 0 N–H and O–H groups in total. The molecule has 0 saturated carbocycles. The van der Waals surface area contributed by atoms with Crippen molar-refractivity contribution in [3.8, 4) is 5.69 Å². The molecule has 1 aliphatic heterocycles. The Kier molecular flexibility index (Phi) is 5.33. The van der Waals surface area contributed by atoms with Crippen LogP contribution in [-0.4, -0.2) is 63.5 Å². The molecule has 0 bridgehead atoms. The number of carbonyl (C=O) groups is 1. The van der Waals surface area contributed by atoms with Crippen molar-refractivity contribution in [1.82, 2.24) is 25.1 Å². The van der Waals surface area contributed by atoms with Gasteiger partial charge in [0, 0.05) is 0 Å². The first-order valence-corrected chi connectivity index (χ1v) is 8.57. The van der Waals surface area contributed by atoms with Crippen molar-refractivity contribution in [2.45, 2.75) is 19.0 Å². The fourth-order valence-corrected chi connectivity index (χ4v) is 3.50. The molecule has 3 heterocycles. The SMILES string of the molecule is O=C(OCC1CCN(CC(F)(F)F)CC1)c1sccc1-n1cnnn1. The molecule has 0 amide bonds. The number of halogens is 3. The molecular weight excluding hydrogens is 359 g/mol. The number of tetrazole rings is 1. The molecule has 0 aromatic carbocycles. The number of likely N-dealkylation sites (tertiary alicyclic amines) is 1. The maximum absolute atomic E-state index is 12.4. The number of esters is 1. The van der Waals surface area contributed by atoms with Gasteiger partial charge >= 0.3 is 12.1 Å². The number of alkyl halides is 3. The van der Waals surface area contributed by atoms with Crippen molar-refractivity contribution in [1.29, 1.82) is 0 Å². The second-order valence-corrected chi connectivity index (χ2v) is 6.74. The van der Waals surface area contributed by atoms with Gasteiger partial charge in [0.1, 0.15) is 11.2 Å². The molecule has 0 atom stereocenters. The predicted molar refractivity (Wildman–Crippen MR) is 82.5 cm³/mol. The minimum atomic E-state index is -4.18. The van der Waals surface area contributed by atoms with E-state index in [0.717, 1.165) is 0 Å². The minimum Gasteiger partial charge on any atom is -0.461 e. The Morgan fingerprint density at radius 2 is 2.12 bits per heavy atom. The molecule has 2 aromatic heterocycles. The molecule has 0 spiro atoms. The zero-order chi connectivity index (χ0) is 17.9. The zero-order valence-electron chi connectivity index (χ0n) is 13.1. The van der Waals surface area contributed by atoms with E-state index in [9.17, 15) is 18.0 Å². The van der Waals surface area contributed by atoms with Gasteiger partial charge in [-0.1, -0.05) is 0 Å². The molecule has 25 heavy (non-hydrogen) atoms. The van der Waals surface area contributed by atoms with Gasteiger partial charge in [-0.15, -0.1) is 16.4 Å². The van der Waals surface area contributed by atoms with Crippen LogP contribution < -0.4 is 0 Å². The van der Waals surface area contributed by atoms with Crippen molar-refractivity contribution in [3.05, 3.63) is 22.7 Å². The Morgan fingerprint density at radius 1 is 1.36 bits per heavy atom. The summed E-state index contributed by atoms with van der Waals surface area (Å²) in [6.45, 7) is 0.0306. The van der Waals surface area contributed by atoms with Crippen LogP contribution in [0.15, 0.2) is 17.8 Å². The minimum absolute atomic E-state index is 0.0740. The highest BCUT2D eigenvalue weighted by Gasteiger charge is 2.32. The average molecular weight is 375 g/mol. The molecule has 136 valence electrons. The van der Waals surface area contributed by atoms with Gasteiger partial charge in [-0.2, -0.15) is 17.9 Å². The van der Waals surface area contributed by atoms with Gasteiger partial charge in [-0.05, 0) is 53.7 Å². The van der Waals surface area contributed by atoms with Crippen LogP contribution >= 0.6 is 11.3 Å². The van der Waals surface area contributed by atoms with Gasteiger partial charge in [0.25, 0.3) is 0 Å². The van der Waals surface area contributed by atoms with Crippen LogP contribution in [0.3, 0.4) is 0 Å². The molecule has 0 unspecified atom stereocenters. The molecule has 2 aromatic rings. The van der Waals surface area contributed by atoms with Crippen LogP contribution in [-0.2, 0) is 4.74 Å². The van der Waals surface area contributed by atoms with E-state index < -0.39 is 18.7 Å². The summed E-state index contributed by atoms with van der Waals surface area (Å²) < 4.78 is 43.9. The molecule has 1 aliphatic rings. The Balaban J connectivity index is 1.49. The number of thiophene rings is 1. The maximum Gasteiger partial charge on any atom is 0.401 e. The summed E-state index contributed by atoms with van der Waals surface area (Å²) >= 11 is 1.23. The van der Waals surface area contributed by atoms with E-state index in [-0.39, 0.29) is 12.5 Å². The first-order valence-electron chi connectivity index (χ1n) is 7.69. The van der Waals surface area contributed by atoms with Crippen molar-refractivity contribution >= 4 is 17.3 Å². The third-order valence-electron chi connectivity index (χ3n) is 3.99. The summed E-state index contributed by atoms with van der Waals surface area (Å²) in [6.07, 6.45) is -1.64. The lowest BCUT2D eigenvalue weighted by Gasteiger charge is -2.31. The Hall–Kier alpha value is -2.01. The number of ether oxygens (including phenoxy) is 1. The summed E-state index contributed by atoms with van der Waals surface area (Å²) in [6, 6.07) is 1.72. The number of nitrogens with zero attached hydrogens (tertiary/aromatic N) is 5. The van der Waals surface area contributed by atoms with Gasteiger partial charge in [0.05, 0.1) is 18.8 Å². The molecule has 7 nitrogen and oxygen atoms in total. The number of carbonyl (C=O) groups excluding carboxylic acids is 1. The topological polar surface area (TPSA) is 73.1 Å². The first kappa shape index (κ1) is 17.8. The summed E-state index contributed by atoms with van der Waals surface area (Å²) in [5, 5.41) is 12.5. The van der Waals surface area contributed by atoms with Crippen molar-refractivity contribution in [2.24, 2.45) is 5.92 Å². The van der Waals surface area contributed by atoms with Gasteiger partial charge in [0.15, 0.2) is 0 Å². The van der Waals surface area contributed by atoms with Gasteiger partial charge in [-0.3, -0.25) is 4.90 Å². The summed E-state index contributed by atoms with van der Waals surface area (Å²) in [5.74, 6) is -0.400. The Labute approximate surface area is 145 Å². The number of hydrogen-bond acceptors (Lipinski definition) is 7. The van der Waals surface area contributed by atoms with Gasteiger partial charge < -0.3 is 4.74 Å². The number of piperidine rings is 1. The molecule has 1 saturated heterocycles. The number of aromatic nitrogens is 4. The fourth-order valence-electron chi connectivity index (χ4n) is 2.73. The smallest absolute Gasteiger partial charge is 0.401 e. The van der Waals surface area contributed by atoms with E-state index in [2.05, 4.69) is 15.5 Å². The van der Waals surface area contributed by atoms with E-state index in [1.807, 2.05) is 0 Å². The highest BCUT2D eigenvalue weighted by atomic mass is 32.1. The average Bonchev–Trinajstić information content (AvgIpc) is 3.23. The molecule has 1 fully saturated rings. The lowest BCUT2D eigenvalue weighted by Crippen LogP contribution is -2.40. The third kappa shape index (κ3) is 4.75. The van der Waals surface area contributed by atoms with Crippen molar-refractivity contribution in [3.63, 3.8) is 0 Å². The highest BCUT2D eigenvalue weighted by molar-refractivity contribution is 7.12. The fraction of sp³-hybridized carbons (Fsp3) is 0.571. The summed E-state index contributed by atoms with van der Waals surface area (Å²) in [5.41, 5.74) is 0.542. The van der Waals surface area contributed by atoms with Crippen LogP contribution in [0.5, 0.6) is 0 Å². The first-order chi connectivity index (χ1) is 11.9. The number of rotatable bonds is 5. The number of hydrogen-bond donors (Lipinski definition) is 0. The zero-order valence-corrected chi connectivity index (χ0v) is 14.0. The largest absolute Gasteiger partial charge is 0.461 e. The van der Waals surface area contributed by atoms with E-state index in [1.165, 1.54) is 27.2 Å². The van der Waals surface area contributed by atoms with Gasteiger partial charge in [-0.25, -0.2) is 4.79 Å². The van der Waals surface area contributed by atoms with Crippen LogP contribution in [0.2, 0.25) is 0 Å². The Bertz CT molecular complexity index is 696. The summed E-state index contributed by atoms with van der Waals surface area (Å²) in [4.78, 5) is 14.0. The van der Waals surface area contributed by atoms with Crippen molar-refractivity contribution in [2.75, 3.05) is 26.2 Å². The van der Waals surface area contributed by atoms with Crippen LogP contribution in [0, 0.1) is 5.92 Å². The molecular formula is C14H16F3N5O2S. The van der Waals surface area contributed by atoms with Crippen molar-refractivity contribution < 1.29 is 22.7 Å². The Morgan fingerprint density at radius 3 is 2.76 bits per heavy atom. The van der Waals surface area contributed by atoms with E-state index in [0.29, 0.717) is 36.5 Å². The van der Waals surface area contributed by atoms with Crippen LogP contribution in [0.4, 0.5) is 13.2 Å². The monoisotopic (exact) mass is 375 g/mol. The molecule has 0 aliphatic carbocycles.